The van der Waals surface area contributed by atoms with Gasteiger partial charge in [0.15, 0.2) is 5.75 Å². The van der Waals surface area contributed by atoms with E-state index in [1.165, 1.54) is 6.92 Å². The number of imide groups is 1. The van der Waals surface area contributed by atoms with Crippen LogP contribution in [0.1, 0.15) is 25.0 Å². The van der Waals surface area contributed by atoms with E-state index in [1.807, 2.05) is 24.3 Å². The topological polar surface area (TPSA) is 72.9 Å². The molecule has 10 heteroatoms. The van der Waals surface area contributed by atoms with E-state index in [4.69, 9.17) is 21.1 Å². The second kappa shape index (κ2) is 11.0. The number of carbonyl (C=O) groups excluding carboxylic acids is 3. The minimum absolute atomic E-state index is 0.166. The average molecular weight is 651 g/mol. The molecule has 32 heavy (non-hydrogen) atoms. The van der Waals surface area contributed by atoms with Gasteiger partial charge < -0.3 is 9.47 Å². The third kappa shape index (κ3) is 5.86. The van der Waals surface area contributed by atoms with E-state index in [2.05, 4.69) is 38.5 Å². The van der Waals surface area contributed by atoms with Crippen molar-refractivity contribution in [3.05, 3.63) is 65.5 Å². The molecular weight excluding hydrogens is 633 g/mol. The number of hydrogen-bond donors (Lipinski definition) is 0. The lowest BCUT2D eigenvalue weighted by Gasteiger charge is -2.19. The van der Waals surface area contributed by atoms with Gasteiger partial charge in [-0.1, -0.05) is 23.7 Å². The first kappa shape index (κ1) is 25.1. The first-order valence-corrected chi connectivity index (χ1v) is 12.6. The first-order chi connectivity index (χ1) is 15.2. The van der Waals surface area contributed by atoms with Crippen LogP contribution in [-0.4, -0.2) is 34.7 Å². The van der Waals surface area contributed by atoms with Gasteiger partial charge in [-0.25, -0.2) is 4.79 Å². The molecule has 1 saturated heterocycles. The van der Waals surface area contributed by atoms with Crippen LogP contribution >= 0.6 is 61.9 Å². The van der Waals surface area contributed by atoms with Gasteiger partial charge in [-0.05, 0) is 106 Å². The van der Waals surface area contributed by atoms with Crippen LogP contribution in [0.25, 0.3) is 6.08 Å². The van der Waals surface area contributed by atoms with Gasteiger partial charge in [0.25, 0.3) is 11.1 Å². The van der Waals surface area contributed by atoms with Gasteiger partial charge in [0.05, 0.1) is 21.0 Å². The molecule has 1 fully saturated rings. The summed E-state index contributed by atoms with van der Waals surface area (Å²) >= 11 is 12.9. The van der Waals surface area contributed by atoms with E-state index in [0.29, 0.717) is 27.4 Å². The highest BCUT2D eigenvalue weighted by Crippen LogP contribution is 2.38. The van der Waals surface area contributed by atoms with Gasteiger partial charge in [0.1, 0.15) is 12.6 Å². The van der Waals surface area contributed by atoms with Crippen molar-refractivity contribution in [2.45, 2.75) is 26.5 Å². The summed E-state index contributed by atoms with van der Waals surface area (Å²) < 4.78 is 12.5. The molecule has 168 valence electrons. The smallest absolute Gasteiger partial charge is 0.329 e. The number of ether oxygens (including phenoxy) is 2. The number of carbonyl (C=O) groups is 3. The molecular formula is C22H18BrClINO5S. The Morgan fingerprint density at radius 1 is 1.28 bits per heavy atom. The van der Waals surface area contributed by atoms with Crippen LogP contribution in [0.2, 0.25) is 5.02 Å². The number of amides is 2. The third-order valence-corrected chi connectivity index (χ3v) is 6.93. The van der Waals surface area contributed by atoms with E-state index in [0.717, 1.165) is 25.8 Å². The molecule has 0 aliphatic carbocycles. The summed E-state index contributed by atoms with van der Waals surface area (Å²) in [6.07, 6.45) is 1.56. The summed E-state index contributed by atoms with van der Waals surface area (Å²) in [5.74, 6) is -0.699. The minimum Gasteiger partial charge on any atom is -0.486 e. The van der Waals surface area contributed by atoms with Crippen molar-refractivity contribution in [2.75, 3.05) is 6.61 Å². The zero-order valence-corrected chi connectivity index (χ0v) is 22.4. The lowest BCUT2D eigenvalue weighted by Crippen LogP contribution is -2.42. The van der Waals surface area contributed by atoms with E-state index in [1.54, 1.807) is 25.1 Å². The first-order valence-electron chi connectivity index (χ1n) is 9.51. The number of esters is 1. The number of thioether (sulfide) groups is 1. The molecule has 2 amide bonds. The molecule has 0 unspecified atom stereocenters. The SMILES string of the molecule is CCOC(=O)[C@@H](C)N1C(=O)S/C(=C/c2cc(Cl)c(OCc3ccc(I)cc3)c(Br)c2)C1=O. The fourth-order valence-corrected chi connectivity index (χ4v) is 5.13. The maximum absolute atomic E-state index is 12.7. The van der Waals surface area contributed by atoms with Crippen molar-refractivity contribution < 1.29 is 23.9 Å². The molecule has 1 heterocycles. The van der Waals surface area contributed by atoms with Crippen molar-refractivity contribution in [2.24, 2.45) is 0 Å². The molecule has 0 saturated carbocycles. The van der Waals surface area contributed by atoms with Gasteiger partial charge in [-0.15, -0.1) is 0 Å². The molecule has 0 N–H and O–H groups in total. The Labute approximate surface area is 216 Å². The maximum atomic E-state index is 12.7. The van der Waals surface area contributed by atoms with Crippen molar-refractivity contribution in [1.29, 1.82) is 0 Å². The highest BCUT2D eigenvalue weighted by atomic mass is 127. The zero-order chi connectivity index (χ0) is 23.4. The molecule has 1 aliphatic heterocycles. The highest BCUT2D eigenvalue weighted by Gasteiger charge is 2.41. The predicted molar refractivity (Wildman–Crippen MR) is 137 cm³/mol. The Morgan fingerprint density at radius 3 is 2.59 bits per heavy atom. The second-order valence-electron chi connectivity index (χ2n) is 6.71. The predicted octanol–water partition coefficient (Wildman–Crippen LogP) is 6.27. The minimum atomic E-state index is -0.999. The van der Waals surface area contributed by atoms with Crippen LogP contribution < -0.4 is 4.74 Å². The number of benzene rings is 2. The summed E-state index contributed by atoms with van der Waals surface area (Å²) in [7, 11) is 0. The maximum Gasteiger partial charge on any atom is 0.329 e. The van der Waals surface area contributed by atoms with Crippen LogP contribution in [0.5, 0.6) is 5.75 Å². The number of halogens is 3. The summed E-state index contributed by atoms with van der Waals surface area (Å²) in [5.41, 5.74) is 1.61. The molecule has 6 nitrogen and oxygen atoms in total. The van der Waals surface area contributed by atoms with Crippen molar-refractivity contribution in [1.82, 2.24) is 4.90 Å². The molecule has 0 aromatic heterocycles. The van der Waals surface area contributed by atoms with Gasteiger partial charge in [-0.3, -0.25) is 14.5 Å². The lowest BCUT2D eigenvalue weighted by molar-refractivity contribution is -0.150. The Kier molecular flexibility index (Phi) is 8.65. The monoisotopic (exact) mass is 649 g/mol. The summed E-state index contributed by atoms with van der Waals surface area (Å²) in [5, 5.41) is -0.167. The van der Waals surface area contributed by atoms with Crippen molar-refractivity contribution in [3.63, 3.8) is 0 Å². The van der Waals surface area contributed by atoms with Crippen LogP contribution in [0.4, 0.5) is 4.79 Å². The third-order valence-electron chi connectivity index (χ3n) is 4.45. The van der Waals surface area contributed by atoms with E-state index >= 15 is 0 Å². The van der Waals surface area contributed by atoms with Crippen LogP contribution in [0.3, 0.4) is 0 Å². The quantitative estimate of drug-likeness (QED) is 0.200. The van der Waals surface area contributed by atoms with E-state index in [-0.39, 0.29) is 11.5 Å². The van der Waals surface area contributed by atoms with Gasteiger partial charge in [-0.2, -0.15) is 0 Å². The Hall–Kier alpha value is -1.56. The standard InChI is InChI=1S/C22H18BrClINO5S/c1-3-30-21(28)12(2)26-20(27)18(32-22(26)29)10-14-8-16(23)19(17(24)9-14)31-11-13-4-6-15(25)7-5-13/h4-10,12H,3,11H2,1-2H3/b18-10+/t12-/m1/s1. The summed E-state index contributed by atoms with van der Waals surface area (Å²) in [6.45, 7) is 3.64. The Morgan fingerprint density at radius 2 is 1.97 bits per heavy atom. The second-order valence-corrected chi connectivity index (χ2v) is 10.2. The van der Waals surface area contributed by atoms with Gasteiger partial charge >= 0.3 is 5.97 Å². The van der Waals surface area contributed by atoms with Gasteiger partial charge in [0, 0.05) is 3.57 Å². The van der Waals surface area contributed by atoms with E-state index < -0.39 is 23.2 Å². The number of hydrogen-bond acceptors (Lipinski definition) is 6. The van der Waals surface area contributed by atoms with Crippen LogP contribution in [0, 0.1) is 3.57 Å². The molecule has 1 aliphatic rings. The highest BCUT2D eigenvalue weighted by molar-refractivity contribution is 14.1. The normalized spacial score (nSPS) is 15.9. The fourth-order valence-electron chi connectivity index (χ4n) is 2.87. The molecule has 0 bridgehead atoms. The molecule has 3 rings (SSSR count). The van der Waals surface area contributed by atoms with Gasteiger partial charge in [0.2, 0.25) is 0 Å². The summed E-state index contributed by atoms with van der Waals surface area (Å²) in [6, 6.07) is 10.3. The molecule has 1 atom stereocenters. The van der Waals surface area contributed by atoms with Crippen molar-refractivity contribution >= 4 is 85.1 Å². The summed E-state index contributed by atoms with van der Waals surface area (Å²) in [4.78, 5) is 38.1. The number of rotatable bonds is 7. The van der Waals surface area contributed by atoms with Crippen LogP contribution in [-0.2, 0) is 20.9 Å². The average Bonchev–Trinajstić information content (AvgIpc) is 3.01. The van der Waals surface area contributed by atoms with E-state index in [9.17, 15) is 14.4 Å². The molecule has 2 aromatic rings. The number of nitrogens with zero attached hydrogens (tertiary/aromatic N) is 1. The molecule has 0 spiro atoms. The largest absolute Gasteiger partial charge is 0.486 e. The zero-order valence-electron chi connectivity index (χ0n) is 17.1. The molecule has 2 aromatic carbocycles. The lowest BCUT2D eigenvalue weighted by atomic mass is 10.2. The van der Waals surface area contributed by atoms with Crippen LogP contribution in [0.15, 0.2) is 45.8 Å². The Bertz CT molecular complexity index is 1070. The Balaban J connectivity index is 1.77. The molecule has 0 radical (unpaired) electrons. The fraction of sp³-hybridized carbons (Fsp3) is 0.227. The van der Waals surface area contributed by atoms with Crippen molar-refractivity contribution in [3.8, 4) is 5.75 Å².